The third-order valence-corrected chi connectivity index (χ3v) is 10.8. The summed E-state index contributed by atoms with van der Waals surface area (Å²) in [5.41, 5.74) is 9.40. The quantitative estimate of drug-likeness (QED) is 0.0878. The van der Waals surface area contributed by atoms with E-state index >= 15 is 0 Å². The van der Waals surface area contributed by atoms with Crippen LogP contribution in [0.4, 0.5) is 0 Å². The molecule has 10 aromatic rings. The van der Waals surface area contributed by atoms with Crippen molar-refractivity contribution in [2.75, 3.05) is 6.79 Å². The summed E-state index contributed by atoms with van der Waals surface area (Å²) in [4.78, 5) is 31.9. The molecule has 12 heteroatoms. The highest BCUT2D eigenvalue weighted by molar-refractivity contribution is 5.75. The van der Waals surface area contributed by atoms with Crippen LogP contribution >= 0.6 is 0 Å². The summed E-state index contributed by atoms with van der Waals surface area (Å²) in [6.45, 7) is 5.19. The number of benzene rings is 4. The summed E-state index contributed by atoms with van der Waals surface area (Å²) < 4.78 is 26.2. The highest BCUT2D eigenvalue weighted by atomic mass is 16.7. The van der Waals surface area contributed by atoms with Gasteiger partial charge in [-0.2, -0.15) is 0 Å². The maximum atomic E-state index is 12.3. The van der Waals surface area contributed by atoms with Crippen molar-refractivity contribution in [2.45, 2.75) is 53.9 Å². The van der Waals surface area contributed by atoms with Crippen molar-refractivity contribution in [2.24, 2.45) is 5.41 Å². The third-order valence-electron chi connectivity index (χ3n) is 10.8. The minimum absolute atomic E-state index is 0. The van der Waals surface area contributed by atoms with E-state index in [0.29, 0.717) is 54.2 Å². The van der Waals surface area contributed by atoms with Gasteiger partial charge in [-0.25, -0.2) is 19.9 Å². The van der Waals surface area contributed by atoms with Gasteiger partial charge in [0.25, 0.3) is 0 Å². The van der Waals surface area contributed by atoms with Gasteiger partial charge in [-0.3, -0.25) is 13.6 Å². The summed E-state index contributed by atoms with van der Waals surface area (Å²) in [6, 6.07) is 47.7. The van der Waals surface area contributed by atoms with Crippen LogP contribution < -0.4 is 4.74 Å². The molecule has 1 N–H and O–H groups in total. The topological polar surface area (TPSA) is 142 Å². The first-order chi connectivity index (χ1) is 32.2. The largest absolute Gasteiger partial charge is 0.493 e. The molecule has 0 fully saturated rings. The Bertz CT molecular complexity index is 3160. The molecule has 6 heterocycles. The van der Waals surface area contributed by atoms with Gasteiger partial charge in [-0.1, -0.05) is 129 Å². The fourth-order valence-electron chi connectivity index (χ4n) is 7.49. The van der Waals surface area contributed by atoms with Crippen molar-refractivity contribution >= 4 is 17.3 Å². The van der Waals surface area contributed by atoms with Crippen molar-refractivity contribution in [3.63, 3.8) is 0 Å². The van der Waals surface area contributed by atoms with E-state index in [4.69, 9.17) is 38.2 Å². The molecule has 0 aliphatic rings. The van der Waals surface area contributed by atoms with Crippen LogP contribution in [0.3, 0.4) is 0 Å². The van der Waals surface area contributed by atoms with Crippen LogP contribution in [0, 0.1) is 5.41 Å². The van der Waals surface area contributed by atoms with E-state index in [1.807, 2.05) is 138 Å². The first-order valence-corrected chi connectivity index (χ1v) is 21.7. The average Bonchev–Trinajstić information content (AvgIpc) is 4.17. The van der Waals surface area contributed by atoms with Crippen molar-refractivity contribution in [1.82, 2.24) is 28.7 Å². The molecule has 0 amide bonds. The Balaban J connectivity index is 0.000000184. The molecule has 0 atom stereocenters. The van der Waals surface area contributed by atoms with E-state index in [-0.39, 0.29) is 26.1 Å². The Kier molecular flexibility index (Phi) is 13.7. The molecular weight excluding hydrogens is 841 g/mol. The third kappa shape index (κ3) is 10.7. The lowest BCUT2D eigenvalue weighted by Gasteiger charge is -2.17. The molecule has 0 radical (unpaired) electrons. The number of esters is 1. The molecule has 0 saturated heterocycles. The van der Waals surface area contributed by atoms with Crippen molar-refractivity contribution in [3.05, 3.63) is 216 Å². The normalized spacial score (nSPS) is 11.2. The van der Waals surface area contributed by atoms with Gasteiger partial charge >= 0.3 is 5.97 Å². The second-order valence-electron chi connectivity index (χ2n) is 16.8. The van der Waals surface area contributed by atoms with E-state index in [1.165, 1.54) is 0 Å². The number of ether oxygens (including phenoxy) is 2. The van der Waals surface area contributed by atoms with Crippen LogP contribution in [-0.2, 0) is 35.2 Å². The second-order valence-corrected chi connectivity index (χ2v) is 16.8. The van der Waals surface area contributed by atoms with Crippen LogP contribution in [0.25, 0.3) is 33.8 Å². The van der Waals surface area contributed by atoms with E-state index in [2.05, 4.69) is 24.3 Å². The fraction of sp³-hybridized carbons (Fsp3) is 0.182. The first-order valence-electron chi connectivity index (χ1n) is 21.7. The minimum Gasteiger partial charge on any atom is -0.493 e. The Morgan fingerprint density at radius 1 is 0.552 bits per heavy atom. The lowest BCUT2D eigenvalue weighted by molar-refractivity contribution is -0.159. The molecule has 12 nitrogen and oxygen atoms in total. The molecule has 0 spiro atoms. The highest BCUT2D eigenvalue weighted by Gasteiger charge is 2.25. The van der Waals surface area contributed by atoms with Crippen LogP contribution in [0.5, 0.6) is 11.8 Å². The molecule has 0 unspecified atom stereocenters. The van der Waals surface area contributed by atoms with Gasteiger partial charge in [0.05, 0.1) is 53.6 Å². The molecule has 0 aliphatic carbocycles. The summed E-state index contributed by atoms with van der Waals surface area (Å²) in [5, 5.41) is 10.9. The van der Waals surface area contributed by atoms with E-state index < -0.39 is 5.41 Å². The molecule has 10 rings (SSSR count). The predicted octanol–water partition coefficient (Wildman–Crippen LogP) is 11.6. The summed E-state index contributed by atoms with van der Waals surface area (Å²) in [5.74, 6) is 1.77. The number of carbonyl (C=O) groups excluding carboxylic acids is 1. The molecule has 338 valence electrons. The molecule has 0 aliphatic heterocycles. The minimum atomic E-state index is -0.632. The molecular formula is C55H52N6O6. The molecule has 4 aromatic carbocycles. The zero-order chi connectivity index (χ0) is 45.5. The zero-order valence-electron chi connectivity index (χ0n) is 36.9. The molecule has 6 aromatic heterocycles. The number of furan rings is 2. The predicted molar refractivity (Wildman–Crippen MR) is 258 cm³/mol. The van der Waals surface area contributed by atoms with Crippen molar-refractivity contribution < 1.29 is 28.2 Å². The summed E-state index contributed by atoms with van der Waals surface area (Å²) in [6.07, 6.45) is 9.08. The SMILES string of the molecule is C.CC(C)(C)C(=O)OCOc1c(Cc2ccco2)nc2c(Cc3ccccc3)nc(-c3ccccc3)cn12.Oc1c(Cc2ccco2)nc2c(Cc3ccccc3)nc(-c3ccccc3)cn12. The second kappa shape index (κ2) is 20.3. The zero-order valence-corrected chi connectivity index (χ0v) is 36.9. The van der Waals surface area contributed by atoms with Crippen LogP contribution in [-0.4, -0.2) is 46.6 Å². The maximum Gasteiger partial charge on any atom is 0.314 e. The van der Waals surface area contributed by atoms with E-state index in [0.717, 1.165) is 56.6 Å². The van der Waals surface area contributed by atoms with Crippen molar-refractivity contribution in [3.8, 4) is 34.3 Å². The van der Waals surface area contributed by atoms with Gasteiger partial charge < -0.3 is 23.4 Å². The van der Waals surface area contributed by atoms with Crippen LogP contribution in [0.1, 0.15) is 73.6 Å². The number of rotatable bonds is 13. The number of imidazole rings is 2. The standard InChI is InChI=1S/C30H29N3O4.C24H19N3O2.CH4/c1-30(2,3)29(34)37-20-36-28-25(18-23-15-10-16-35-23)32-27-24(17-21-11-6-4-7-12-21)31-26(19-33(27)28)22-13-8-5-9-14-22;28-24-21(15-19-12-7-13-29-19)26-23-20(14-17-8-3-1-4-9-17)25-22(16-27(23)24)18-10-5-2-6-11-18;/h4-16,19H,17-18,20H2,1-3H3;1-13,16,28H,14-15H2;1H4. The van der Waals surface area contributed by atoms with Gasteiger partial charge in [-0.05, 0) is 56.2 Å². The lowest BCUT2D eigenvalue weighted by atomic mass is 9.98. The van der Waals surface area contributed by atoms with E-state index in [1.54, 1.807) is 37.7 Å². The number of hydrogen-bond acceptors (Lipinski definition) is 10. The van der Waals surface area contributed by atoms with Gasteiger partial charge in [-0.15, -0.1) is 0 Å². The lowest BCUT2D eigenvalue weighted by Crippen LogP contribution is -2.25. The Morgan fingerprint density at radius 3 is 1.48 bits per heavy atom. The Labute approximate surface area is 389 Å². The van der Waals surface area contributed by atoms with Crippen LogP contribution in [0.15, 0.2) is 179 Å². The molecule has 0 saturated carbocycles. The smallest absolute Gasteiger partial charge is 0.314 e. The summed E-state index contributed by atoms with van der Waals surface area (Å²) >= 11 is 0. The highest BCUT2D eigenvalue weighted by Crippen LogP contribution is 2.31. The van der Waals surface area contributed by atoms with Crippen LogP contribution in [0.2, 0.25) is 0 Å². The Hall–Kier alpha value is -8.25. The fourth-order valence-corrected chi connectivity index (χ4v) is 7.49. The number of fused-ring (bicyclic) bond motifs is 2. The first kappa shape index (κ1) is 45.3. The number of aromatic hydroxyl groups is 1. The van der Waals surface area contributed by atoms with Crippen molar-refractivity contribution in [1.29, 1.82) is 0 Å². The number of carbonyl (C=O) groups is 1. The number of nitrogens with zero attached hydrogens (tertiary/aromatic N) is 6. The monoisotopic (exact) mass is 892 g/mol. The summed E-state index contributed by atoms with van der Waals surface area (Å²) in [7, 11) is 0. The van der Waals surface area contributed by atoms with Gasteiger partial charge in [0.1, 0.15) is 22.9 Å². The number of aromatic nitrogens is 6. The van der Waals surface area contributed by atoms with Gasteiger partial charge in [0.2, 0.25) is 18.6 Å². The number of hydrogen-bond donors (Lipinski definition) is 1. The molecule has 67 heavy (non-hydrogen) atoms. The average molecular weight is 893 g/mol. The maximum absolute atomic E-state index is 12.3. The van der Waals surface area contributed by atoms with Gasteiger partial charge in [0, 0.05) is 36.4 Å². The Morgan fingerprint density at radius 2 is 1.00 bits per heavy atom. The van der Waals surface area contributed by atoms with E-state index in [9.17, 15) is 9.90 Å². The molecule has 0 bridgehead atoms. The van der Waals surface area contributed by atoms with Gasteiger partial charge in [0.15, 0.2) is 11.3 Å².